The van der Waals surface area contributed by atoms with Crippen molar-refractivity contribution in [1.29, 1.82) is 0 Å². The van der Waals surface area contributed by atoms with Crippen molar-refractivity contribution < 1.29 is 9.53 Å². The van der Waals surface area contributed by atoms with Crippen LogP contribution in [0.4, 0.5) is 0 Å². The minimum absolute atomic E-state index is 0.0212. The van der Waals surface area contributed by atoms with Crippen LogP contribution < -0.4 is 4.74 Å². The molecule has 2 fully saturated rings. The number of benzene rings is 1. The minimum Gasteiger partial charge on any atom is -0.490 e. The highest BCUT2D eigenvalue weighted by atomic mass is 35.5. The number of hydrogen-bond donors (Lipinski definition) is 1. The number of aryl methyl sites for hydroxylation is 1. The normalized spacial score (nSPS) is 18.8. The van der Waals surface area contributed by atoms with E-state index in [4.69, 9.17) is 16.3 Å². The van der Waals surface area contributed by atoms with Crippen LogP contribution in [0.1, 0.15) is 66.1 Å². The molecule has 0 atom stereocenters. The molecule has 1 saturated heterocycles. The number of aromatic amines is 1. The number of H-pyrrole nitrogens is 1. The molecule has 1 aliphatic carbocycles. The molecule has 4 rings (SSSR count). The number of carbonyl (C=O) groups excluding carboxylic acids is 1. The van der Waals surface area contributed by atoms with E-state index in [1.54, 1.807) is 12.1 Å². The zero-order valence-electron chi connectivity index (χ0n) is 15.7. The van der Waals surface area contributed by atoms with E-state index in [0.717, 1.165) is 44.5 Å². The SMILES string of the molecule is Cc1[nH]ncc1C1CCN(C(=O)c2cc(Cl)ccc2OC2CCCC2)CC1. The predicted octanol–water partition coefficient (Wildman–Crippen LogP) is 4.71. The number of carbonyl (C=O) groups is 1. The minimum atomic E-state index is 0.0212. The van der Waals surface area contributed by atoms with Gasteiger partial charge in [0.05, 0.1) is 17.9 Å². The Balaban J connectivity index is 1.46. The predicted molar refractivity (Wildman–Crippen MR) is 106 cm³/mol. The van der Waals surface area contributed by atoms with E-state index in [9.17, 15) is 4.79 Å². The molecule has 27 heavy (non-hydrogen) atoms. The maximum atomic E-state index is 13.2. The number of ether oxygens (including phenoxy) is 1. The van der Waals surface area contributed by atoms with Crippen LogP contribution in [0.5, 0.6) is 5.75 Å². The average molecular weight is 388 g/mol. The summed E-state index contributed by atoms with van der Waals surface area (Å²) in [5.41, 5.74) is 2.99. The van der Waals surface area contributed by atoms with Gasteiger partial charge in [-0.15, -0.1) is 0 Å². The fourth-order valence-electron chi connectivity index (χ4n) is 4.29. The molecule has 1 saturated carbocycles. The van der Waals surface area contributed by atoms with Gasteiger partial charge in [-0.05, 0) is 75.1 Å². The van der Waals surface area contributed by atoms with Crippen LogP contribution in [0.3, 0.4) is 0 Å². The molecule has 1 aliphatic heterocycles. The Morgan fingerprint density at radius 2 is 1.96 bits per heavy atom. The van der Waals surface area contributed by atoms with Crippen molar-refractivity contribution in [2.75, 3.05) is 13.1 Å². The van der Waals surface area contributed by atoms with Crippen LogP contribution in [0.25, 0.3) is 0 Å². The van der Waals surface area contributed by atoms with Crippen molar-refractivity contribution in [3.63, 3.8) is 0 Å². The molecule has 1 aromatic heterocycles. The Hall–Kier alpha value is -2.01. The van der Waals surface area contributed by atoms with Gasteiger partial charge in [-0.1, -0.05) is 11.6 Å². The summed E-state index contributed by atoms with van der Waals surface area (Å²) in [6.07, 6.45) is 8.55. The second-order valence-corrected chi connectivity index (χ2v) is 8.12. The molecule has 0 spiro atoms. The summed E-state index contributed by atoms with van der Waals surface area (Å²) in [4.78, 5) is 15.1. The monoisotopic (exact) mass is 387 g/mol. The maximum Gasteiger partial charge on any atom is 0.257 e. The van der Waals surface area contributed by atoms with Crippen molar-refractivity contribution >= 4 is 17.5 Å². The summed E-state index contributed by atoms with van der Waals surface area (Å²) in [7, 11) is 0. The second-order valence-electron chi connectivity index (χ2n) is 7.68. The van der Waals surface area contributed by atoms with Gasteiger partial charge in [-0.2, -0.15) is 5.10 Å². The third-order valence-corrected chi connectivity index (χ3v) is 6.09. The number of nitrogens with zero attached hydrogens (tertiary/aromatic N) is 2. The maximum absolute atomic E-state index is 13.2. The number of rotatable bonds is 4. The number of amides is 1. The fraction of sp³-hybridized carbons (Fsp3) is 0.524. The quantitative estimate of drug-likeness (QED) is 0.826. The van der Waals surface area contributed by atoms with Gasteiger partial charge in [0.2, 0.25) is 0 Å². The number of nitrogens with one attached hydrogen (secondary N) is 1. The Labute approximate surface area is 165 Å². The number of aromatic nitrogens is 2. The summed E-state index contributed by atoms with van der Waals surface area (Å²) in [5.74, 6) is 1.15. The zero-order valence-corrected chi connectivity index (χ0v) is 16.5. The summed E-state index contributed by atoms with van der Waals surface area (Å²) >= 11 is 6.19. The summed E-state index contributed by atoms with van der Waals surface area (Å²) < 4.78 is 6.15. The van der Waals surface area contributed by atoms with Gasteiger partial charge in [0.1, 0.15) is 5.75 Å². The smallest absolute Gasteiger partial charge is 0.257 e. The van der Waals surface area contributed by atoms with E-state index in [1.165, 1.54) is 18.4 Å². The van der Waals surface area contributed by atoms with Gasteiger partial charge < -0.3 is 9.64 Å². The van der Waals surface area contributed by atoms with Gasteiger partial charge >= 0.3 is 0 Å². The lowest BCUT2D eigenvalue weighted by molar-refractivity contribution is 0.0705. The Morgan fingerprint density at radius 3 is 2.63 bits per heavy atom. The van der Waals surface area contributed by atoms with E-state index >= 15 is 0 Å². The van der Waals surface area contributed by atoms with Crippen LogP contribution >= 0.6 is 11.6 Å². The van der Waals surface area contributed by atoms with E-state index in [1.807, 2.05) is 17.2 Å². The third kappa shape index (κ3) is 3.98. The van der Waals surface area contributed by atoms with E-state index < -0.39 is 0 Å². The topological polar surface area (TPSA) is 58.2 Å². The average Bonchev–Trinajstić information content (AvgIpc) is 3.34. The van der Waals surface area contributed by atoms with Gasteiger partial charge in [0.25, 0.3) is 5.91 Å². The third-order valence-electron chi connectivity index (χ3n) is 5.86. The highest BCUT2D eigenvalue weighted by molar-refractivity contribution is 6.31. The largest absolute Gasteiger partial charge is 0.490 e. The number of hydrogen-bond acceptors (Lipinski definition) is 3. The highest BCUT2D eigenvalue weighted by Gasteiger charge is 2.28. The first kappa shape index (κ1) is 18.4. The second kappa shape index (κ2) is 7.93. The van der Waals surface area contributed by atoms with E-state index in [2.05, 4.69) is 17.1 Å². The number of piperidine rings is 1. The van der Waals surface area contributed by atoms with Crippen LogP contribution in [-0.4, -0.2) is 40.2 Å². The van der Waals surface area contributed by atoms with Crippen LogP contribution in [0.2, 0.25) is 5.02 Å². The summed E-state index contributed by atoms with van der Waals surface area (Å²) in [5, 5.41) is 7.71. The Morgan fingerprint density at radius 1 is 1.22 bits per heavy atom. The molecule has 0 bridgehead atoms. The molecule has 2 aliphatic rings. The molecule has 0 unspecified atom stereocenters. The molecule has 2 aromatic rings. The number of likely N-dealkylation sites (tertiary alicyclic amines) is 1. The lowest BCUT2D eigenvalue weighted by atomic mass is 9.89. The number of halogens is 1. The van der Waals surface area contributed by atoms with Crippen LogP contribution in [0, 0.1) is 6.92 Å². The van der Waals surface area contributed by atoms with Crippen molar-refractivity contribution in [3.8, 4) is 5.75 Å². The summed E-state index contributed by atoms with van der Waals surface area (Å²) in [6.45, 7) is 3.53. The van der Waals surface area contributed by atoms with E-state index in [0.29, 0.717) is 22.3 Å². The van der Waals surface area contributed by atoms with E-state index in [-0.39, 0.29) is 12.0 Å². The van der Waals surface area contributed by atoms with Crippen molar-refractivity contribution in [2.24, 2.45) is 0 Å². The molecule has 5 nitrogen and oxygen atoms in total. The molecular formula is C21H26ClN3O2. The lowest BCUT2D eigenvalue weighted by Gasteiger charge is -2.32. The summed E-state index contributed by atoms with van der Waals surface area (Å²) in [6, 6.07) is 5.40. The lowest BCUT2D eigenvalue weighted by Crippen LogP contribution is -2.38. The molecule has 144 valence electrons. The molecule has 1 amide bonds. The van der Waals surface area contributed by atoms with Crippen LogP contribution in [0.15, 0.2) is 24.4 Å². The van der Waals surface area contributed by atoms with Crippen molar-refractivity contribution in [2.45, 2.75) is 57.5 Å². The zero-order chi connectivity index (χ0) is 18.8. The molecule has 1 aromatic carbocycles. The highest BCUT2D eigenvalue weighted by Crippen LogP contribution is 2.33. The van der Waals surface area contributed by atoms with Gasteiger partial charge in [-0.25, -0.2) is 0 Å². The van der Waals surface area contributed by atoms with Crippen molar-refractivity contribution in [3.05, 3.63) is 46.2 Å². The molecular weight excluding hydrogens is 362 g/mol. The first-order valence-electron chi connectivity index (χ1n) is 9.87. The molecule has 0 radical (unpaired) electrons. The standard InChI is InChI=1S/C21H26ClN3O2/c1-14-19(13-23-24-14)15-8-10-25(11-9-15)21(26)18-12-16(22)6-7-20(18)27-17-4-2-3-5-17/h6-7,12-13,15,17H,2-5,8-11H2,1H3,(H,23,24). The first-order valence-corrected chi connectivity index (χ1v) is 10.2. The molecule has 2 heterocycles. The molecule has 6 heteroatoms. The first-order chi connectivity index (χ1) is 13.1. The van der Waals surface area contributed by atoms with Crippen LogP contribution in [-0.2, 0) is 0 Å². The fourth-order valence-corrected chi connectivity index (χ4v) is 4.47. The van der Waals surface area contributed by atoms with Gasteiger partial charge in [0.15, 0.2) is 0 Å². The van der Waals surface area contributed by atoms with Gasteiger partial charge in [0, 0.05) is 23.8 Å². The van der Waals surface area contributed by atoms with Gasteiger partial charge in [-0.3, -0.25) is 9.89 Å². The Kier molecular flexibility index (Phi) is 5.39. The molecule has 1 N–H and O–H groups in total. The Bertz CT molecular complexity index is 806. The van der Waals surface area contributed by atoms with Crippen molar-refractivity contribution in [1.82, 2.24) is 15.1 Å².